The quantitative estimate of drug-likeness (QED) is 0.813. The monoisotopic (exact) mass is 221 g/mol. The van der Waals surface area contributed by atoms with E-state index in [2.05, 4.69) is 11.4 Å². The molecule has 16 heavy (non-hydrogen) atoms. The minimum atomic E-state index is -0.298. The summed E-state index contributed by atoms with van der Waals surface area (Å²) in [7, 11) is 1.92. The lowest BCUT2D eigenvalue weighted by atomic mass is 10.2. The molecule has 2 unspecified atom stereocenters. The van der Waals surface area contributed by atoms with Crippen molar-refractivity contribution in [2.45, 2.75) is 38.0 Å². The van der Waals surface area contributed by atoms with Crippen molar-refractivity contribution in [3.05, 3.63) is 29.8 Å². The zero-order valence-electron chi connectivity index (χ0n) is 9.65. The molecular weight excluding hydrogens is 202 g/mol. The van der Waals surface area contributed by atoms with Gasteiger partial charge in [0, 0.05) is 6.54 Å². The van der Waals surface area contributed by atoms with E-state index in [0.717, 1.165) is 31.6 Å². The molecule has 3 heteroatoms. The van der Waals surface area contributed by atoms with Gasteiger partial charge in [0.15, 0.2) is 0 Å². The Morgan fingerprint density at radius 1 is 1.44 bits per heavy atom. The Bertz CT molecular complexity index is 340. The molecule has 1 aliphatic carbocycles. The Morgan fingerprint density at radius 2 is 2.31 bits per heavy atom. The minimum Gasteiger partial charge on any atom is -0.488 e. The summed E-state index contributed by atoms with van der Waals surface area (Å²) in [5, 5.41) is 12.8. The highest BCUT2D eigenvalue weighted by Crippen LogP contribution is 2.25. The molecule has 2 rings (SSSR count). The summed E-state index contributed by atoms with van der Waals surface area (Å²) in [4.78, 5) is 0. The number of ether oxygens (including phenoxy) is 1. The number of aliphatic hydroxyl groups excluding tert-OH is 1. The van der Waals surface area contributed by atoms with Gasteiger partial charge in [0.1, 0.15) is 11.9 Å². The van der Waals surface area contributed by atoms with Crippen molar-refractivity contribution in [2.24, 2.45) is 0 Å². The van der Waals surface area contributed by atoms with Crippen LogP contribution in [0.15, 0.2) is 24.3 Å². The third-order valence-electron chi connectivity index (χ3n) is 2.98. The van der Waals surface area contributed by atoms with Crippen molar-refractivity contribution in [3.63, 3.8) is 0 Å². The first-order valence-electron chi connectivity index (χ1n) is 5.88. The van der Waals surface area contributed by atoms with E-state index in [1.807, 2.05) is 25.2 Å². The molecule has 2 N–H and O–H groups in total. The highest BCUT2D eigenvalue weighted by atomic mass is 16.5. The van der Waals surface area contributed by atoms with Gasteiger partial charge in [-0.2, -0.15) is 0 Å². The lowest BCUT2D eigenvalue weighted by Gasteiger charge is -2.17. The summed E-state index contributed by atoms with van der Waals surface area (Å²) in [5.74, 6) is 0.860. The molecular formula is C13H19NO2. The largest absolute Gasteiger partial charge is 0.488 e. The second-order valence-electron chi connectivity index (χ2n) is 4.33. The molecule has 88 valence electrons. The maximum Gasteiger partial charge on any atom is 0.124 e. The van der Waals surface area contributed by atoms with E-state index in [1.54, 1.807) is 0 Å². The van der Waals surface area contributed by atoms with E-state index in [0.29, 0.717) is 0 Å². The van der Waals surface area contributed by atoms with Crippen LogP contribution < -0.4 is 10.1 Å². The SMILES string of the molecule is CNCc1cccc(OC2CCCC2O)c1. The Kier molecular flexibility index (Phi) is 3.80. The van der Waals surface area contributed by atoms with Gasteiger partial charge in [-0.25, -0.2) is 0 Å². The van der Waals surface area contributed by atoms with Gasteiger partial charge in [-0.15, -0.1) is 0 Å². The summed E-state index contributed by atoms with van der Waals surface area (Å²) in [5.41, 5.74) is 1.20. The molecule has 0 aliphatic heterocycles. The average Bonchev–Trinajstić information content (AvgIpc) is 2.66. The summed E-state index contributed by atoms with van der Waals surface area (Å²) in [6.45, 7) is 0.838. The smallest absolute Gasteiger partial charge is 0.124 e. The van der Waals surface area contributed by atoms with Crippen LogP contribution in [0.1, 0.15) is 24.8 Å². The van der Waals surface area contributed by atoms with Gasteiger partial charge in [0.05, 0.1) is 6.10 Å². The zero-order chi connectivity index (χ0) is 11.4. The molecule has 0 amide bonds. The maximum absolute atomic E-state index is 9.69. The number of benzene rings is 1. The predicted octanol–water partition coefficient (Wildman–Crippen LogP) is 1.70. The molecule has 0 aromatic heterocycles. The number of nitrogens with one attached hydrogen (secondary N) is 1. The van der Waals surface area contributed by atoms with Crippen LogP contribution in [0.25, 0.3) is 0 Å². The van der Waals surface area contributed by atoms with Crippen LogP contribution in [0, 0.1) is 0 Å². The van der Waals surface area contributed by atoms with E-state index in [-0.39, 0.29) is 12.2 Å². The van der Waals surface area contributed by atoms with Crippen LogP contribution >= 0.6 is 0 Å². The van der Waals surface area contributed by atoms with Crippen LogP contribution in [0.3, 0.4) is 0 Å². The highest BCUT2D eigenvalue weighted by Gasteiger charge is 2.26. The number of hydrogen-bond donors (Lipinski definition) is 2. The van der Waals surface area contributed by atoms with Crippen molar-refractivity contribution >= 4 is 0 Å². The lowest BCUT2D eigenvalue weighted by molar-refractivity contribution is 0.0603. The minimum absolute atomic E-state index is 0.0233. The first kappa shape index (κ1) is 11.4. The Hall–Kier alpha value is -1.06. The fraction of sp³-hybridized carbons (Fsp3) is 0.538. The van der Waals surface area contributed by atoms with Gasteiger partial charge in [-0.1, -0.05) is 12.1 Å². The van der Waals surface area contributed by atoms with Crippen LogP contribution in [0.5, 0.6) is 5.75 Å². The van der Waals surface area contributed by atoms with Gasteiger partial charge in [-0.3, -0.25) is 0 Å². The van der Waals surface area contributed by atoms with Gasteiger partial charge in [0.25, 0.3) is 0 Å². The summed E-state index contributed by atoms with van der Waals surface area (Å²) < 4.78 is 5.80. The fourth-order valence-corrected chi connectivity index (χ4v) is 2.15. The van der Waals surface area contributed by atoms with Crippen LogP contribution in [-0.4, -0.2) is 24.4 Å². The van der Waals surface area contributed by atoms with Crippen LogP contribution in [-0.2, 0) is 6.54 Å². The first-order valence-corrected chi connectivity index (χ1v) is 5.88. The Labute approximate surface area is 96.4 Å². The zero-order valence-corrected chi connectivity index (χ0v) is 9.65. The molecule has 0 saturated heterocycles. The summed E-state index contributed by atoms with van der Waals surface area (Å²) in [6.07, 6.45) is 2.55. The fourth-order valence-electron chi connectivity index (χ4n) is 2.15. The van der Waals surface area contributed by atoms with Gasteiger partial charge in [0.2, 0.25) is 0 Å². The molecule has 2 atom stereocenters. The Morgan fingerprint density at radius 3 is 3.00 bits per heavy atom. The van der Waals surface area contributed by atoms with E-state index in [9.17, 15) is 5.11 Å². The maximum atomic E-state index is 9.69. The van der Waals surface area contributed by atoms with Gasteiger partial charge < -0.3 is 15.2 Å². The lowest BCUT2D eigenvalue weighted by Crippen LogP contribution is -2.25. The second kappa shape index (κ2) is 5.32. The molecule has 1 aliphatic rings. The molecule has 1 fully saturated rings. The molecule has 0 radical (unpaired) electrons. The number of rotatable bonds is 4. The molecule has 0 heterocycles. The van der Waals surface area contributed by atoms with Gasteiger partial charge in [-0.05, 0) is 44.0 Å². The van der Waals surface area contributed by atoms with Crippen LogP contribution in [0.4, 0.5) is 0 Å². The van der Waals surface area contributed by atoms with E-state index in [1.165, 1.54) is 5.56 Å². The number of aliphatic hydroxyl groups is 1. The van der Waals surface area contributed by atoms with E-state index in [4.69, 9.17) is 4.74 Å². The highest BCUT2D eigenvalue weighted by molar-refractivity contribution is 5.28. The average molecular weight is 221 g/mol. The summed E-state index contributed by atoms with van der Waals surface area (Å²) in [6, 6.07) is 8.03. The van der Waals surface area contributed by atoms with E-state index >= 15 is 0 Å². The summed E-state index contributed by atoms with van der Waals surface area (Å²) >= 11 is 0. The molecule has 1 aromatic rings. The third-order valence-corrected chi connectivity index (χ3v) is 2.98. The molecule has 3 nitrogen and oxygen atoms in total. The van der Waals surface area contributed by atoms with Crippen molar-refractivity contribution in [1.29, 1.82) is 0 Å². The van der Waals surface area contributed by atoms with Crippen molar-refractivity contribution in [2.75, 3.05) is 7.05 Å². The van der Waals surface area contributed by atoms with Gasteiger partial charge >= 0.3 is 0 Å². The second-order valence-corrected chi connectivity index (χ2v) is 4.33. The third kappa shape index (κ3) is 2.74. The Balaban J connectivity index is 2.00. The van der Waals surface area contributed by atoms with Crippen molar-refractivity contribution < 1.29 is 9.84 Å². The normalized spacial score (nSPS) is 24.6. The standard InChI is InChI=1S/C13H19NO2/c1-14-9-10-4-2-5-11(8-10)16-13-7-3-6-12(13)15/h2,4-5,8,12-15H,3,6-7,9H2,1H3. The van der Waals surface area contributed by atoms with Crippen molar-refractivity contribution in [1.82, 2.24) is 5.32 Å². The molecule has 1 saturated carbocycles. The molecule has 1 aromatic carbocycles. The molecule has 0 spiro atoms. The predicted molar refractivity (Wildman–Crippen MR) is 63.5 cm³/mol. The van der Waals surface area contributed by atoms with Crippen LogP contribution in [0.2, 0.25) is 0 Å². The van der Waals surface area contributed by atoms with Crippen molar-refractivity contribution in [3.8, 4) is 5.75 Å². The number of hydrogen-bond acceptors (Lipinski definition) is 3. The molecule has 0 bridgehead atoms. The topological polar surface area (TPSA) is 41.5 Å². The van der Waals surface area contributed by atoms with E-state index < -0.39 is 0 Å². The first-order chi connectivity index (χ1) is 7.79.